The van der Waals surface area contributed by atoms with Crippen LogP contribution in [-0.2, 0) is 4.79 Å². The summed E-state index contributed by atoms with van der Waals surface area (Å²) in [4.78, 5) is 17.5. The number of carbonyl (C=O) groups excluding carboxylic acids is 1. The quantitative estimate of drug-likeness (QED) is 0.847. The van der Waals surface area contributed by atoms with Crippen molar-refractivity contribution in [2.24, 2.45) is 5.41 Å². The highest BCUT2D eigenvalue weighted by Gasteiger charge is 2.31. The molecule has 1 fully saturated rings. The van der Waals surface area contributed by atoms with Crippen molar-refractivity contribution in [1.82, 2.24) is 9.88 Å². The predicted octanol–water partition coefficient (Wildman–Crippen LogP) is 4.06. The lowest BCUT2D eigenvalue weighted by atomic mass is 9.87. The molecule has 1 aromatic carbocycles. The van der Waals surface area contributed by atoms with E-state index < -0.39 is 0 Å². The first kappa shape index (κ1) is 15.1. The Labute approximate surface area is 130 Å². The van der Waals surface area contributed by atoms with Gasteiger partial charge >= 0.3 is 0 Å². The molecule has 4 heteroatoms. The summed E-state index contributed by atoms with van der Waals surface area (Å²) < 4.78 is 13.5. The molecule has 0 atom stereocenters. The van der Waals surface area contributed by atoms with Crippen LogP contribution in [-0.4, -0.2) is 28.9 Å². The zero-order valence-electron chi connectivity index (χ0n) is 13.4. The molecular formula is C18H23FN2O. The summed E-state index contributed by atoms with van der Waals surface area (Å²) in [6.45, 7) is 7.45. The van der Waals surface area contributed by atoms with Crippen LogP contribution in [0, 0.1) is 11.2 Å². The van der Waals surface area contributed by atoms with Crippen LogP contribution in [0.15, 0.2) is 24.4 Å². The number of halogens is 1. The minimum atomic E-state index is -0.323. The number of aromatic amines is 1. The van der Waals surface area contributed by atoms with Gasteiger partial charge in [0.25, 0.3) is 0 Å². The summed E-state index contributed by atoms with van der Waals surface area (Å²) >= 11 is 0. The highest BCUT2D eigenvalue weighted by molar-refractivity contribution is 5.84. The first-order chi connectivity index (χ1) is 10.4. The fourth-order valence-corrected chi connectivity index (χ4v) is 3.32. The molecule has 1 saturated heterocycles. The molecule has 2 aromatic rings. The summed E-state index contributed by atoms with van der Waals surface area (Å²) in [5, 5.41) is 0.973. The maximum absolute atomic E-state index is 13.5. The predicted molar refractivity (Wildman–Crippen MR) is 86.3 cm³/mol. The van der Waals surface area contributed by atoms with Gasteiger partial charge in [-0.3, -0.25) is 4.79 Å². The number of carbonyl (C=O) groups is 1. The lowest BCUT2D eigenvalue weighted by Gasteiger charge is -2.35. The average Bonchev–Trinajstić information content (AvgIpc) is 2.88. The van der Waals surface area contributed by atoms with E-state index in [-0.39, 0.29) is 17.1 Å². The first-order valence-corrected chi connectivity index (χ1v) is 7.92. The largest absolute Gasteiger partial charge is 0.361 e. The van der Waals surface area contributed by atoms with Gasteiger partial charge in [0, 0.05) is 35.6 Å². The van der Waals surface area contributed by atoms with Crippen LogP contribution < -0.4 is 0 Å². The summed E-state index contributed by atoms with van der Waals surface area (Å²) in [7, 11) is 0. The second-order valence-electron chi connectivity index (χ2n) is 7.25. The third kappa shape index (κ3) is 2.74. The number of fused-ring (bicyclic) bond motifs is 1. The number of piperidine rings is 1. The maximum Gasteiger partial charge on any atom is 0.227 e. The van der Waals surface area contributed by atoms with Crippen LogP contribution in [0.2, 0.25) is 0 Å². The van der Waals surface area contributed by atoms with E-state index in [1.807, 2.05) is 31.9 Å². The average molecular weight is 302 g/mol. The Morgan fingerprint density at radius 2 is 1.95 bits per heavy atom. The Bertz CT molecular complexity index is 691. The fraction of sp³-hybridized carbons (Fsp3) is 0.500. The molecule has 0 radical (unpaired) electrons. The van der Waals surface area contributed by atoms with E-state index in [9.17, 15) is 9.18 Å². The zero-order chi connectivity index (χ0) is 15.9. The van der Waals surface area contributed by atoms with E-state index in [2.05, 4.69) is 4.98 Å². The molecule has 2 heterocycles. The second-order valence-corrected chi connectivity index (χ2v) is 7.25. The SMILES string of the molecule is CC(C)(C)C(=O)N1CCC(c2c[nH]c3ccc(F)cc23)CC1. The number of benzene rings is 1. The van der Waals surface area contributed by atoms with E-state index in [0.29, 0.717) is 5.92 Å². The van der Waals surface area contributed by atoms with Crippen LogP contribution in [0.25, 0.3) is 10.9 Å². The van der Waals surface area contributed by atoms with Crippen molar-refractivity contribution in [3.05, 3.63) is 35.8 Å². The molecule has 1 amide bonds. The summed E-state index contributed by atoms with van der Waals surface area (Å²) in [5.74, 6) is 0.407. The van der Waals surface area contributed by atoms with Crippen LogP contribution in [0.3, 0.4) is 0 Å². The van der Waals surface area contributed by atoms with Gasteiger partial charge in [-0.1, -0.05) is 20.8 Å². The van der Waals surface area contributed by atoms with Crippen LogP contribution in [0.4, 0.5) is 4.39 Å². The lowest BCUT2D eigenvalue weighted by Crippen LogP contribution is -2.43. The van der Waals surface area contributed by atoms with Crippen LogP contribution in [0.5, 0.6) is 0 Å². The Kier molecular flexibility index (Phi) is 3.71. The summed E-state index contributed by atoms with van der Waals surface area (Å²) in [6, 6.07) is 4.87. The van der Waals surface area contributed by atoms with Crippen molar-refractivity contribution >= 4 is 16.8 Å². The zero-order valence-corrected chi connectivity index (χ0v) is 13.4. The van der Waals surface area contributed by atoms with Gasteiger partial charge in [0.2, 0.25) is 5.91 Å². The van der Waals surface area contributed by atoms with E-state index >= 15 is 0 Å². The van der Waals surface area contributed by atoms with Crippen molar-refractivity contribution in [2.45, 2.75) is 39.5 Å². The molecule has 3 nitrogen and oxygen atoms in total. The topological polar surface area (TPSA) is 36.1 Å². The van der Waals surface area contributed by atoms with Crippen LogP contribution in [0.1, 0.15) is 45.1 Å². The minimum Gasteiger partial charge on any atom is -0.361 e. The Balaban J connectivity index is 1.76. The number of amides is 1. The molecular weight excluding hydrogens is 279 g/mol. The number of H-pyrrole nitrogens is 1. The first-order valence-electron chi connectivity index (χ1n) is 7.92. The summed E-state index contributed by atoms with van der Waals surface area (Å²) in [6.07, 6.45) is 3.87. The molecule has 1 aromatic heterocycles. The second kappa shape index (κ2) is 5.41. The fourth-order valence-electron chi connectivity index (χ4n) is 3.32. The molecule has 1 aliphatic heterocycles. The molecule has 1 N–H and O–H groups in total. The van der Waals surface area contributed by atoms with Gasteiger partial charge in [0.1, 0.15) is 5.82 Å². The number of aromatic nitrogens is 1. The van der Waals surface area contributed by atoms with Gasteiger partial charge in [0.15, 0.2) is 0 Å². The minimum absolute atomic E-state index is 0.200. The van der Waals surface area contributed by atoms with E-state index in [1.165, 1.54) is 11.6 Å². The highest BCUT2D eigenvalue weighted by Crippen LogP contribution is 2.34. The smallest absolute Gasteiger partial charge is 0.227 e. The maximum atomic E-state index is 13.5. The Morgan fingerprint density at radius 1 is 1.27 bits per heavy atom. The number of hydrogen-bond acceptors (Lipinski definition) is 1. The normalized spacial score (nSPS) is 17.2. The monoisotopic (exact) mass is 302 g/mol. The Morgan fingerprint density at radius 3 is 2.59 bits per heavy atom. The van der Waals surface area contributed by atoms with E-state index in [1.54, 1.807) is 12.1 Å². The number of nitrogens with zero attached hydrogens (tertiary/aromatic N) is 1. The molecule has 0 bridgehead atoms. The molecule has 118 valence electrons. The number of hydrogen-bond donors (Lipinski definition) is 1. The van der Waals surface area contributed by atoms with Crippen molar-refractivity contribution in [3.63, 3.8) is 0 Å². The van der Waals surface area contributed by atoms with E-state index in [0.717, 1.165) is 36.8 Å². The molecule has 0 spiro atoms. The van der Waals surface area contributed by atoms with Gasteiger partial charge in [-0.25, -0.2) is 4.39 Å². The van der Waals surface area contributed by atoms with Gasteiger partial charge < -0.3 is 9.88 Å². The Hall–Kier alpha value is -1.84. The third-order valence-electron chi connectivity index (χ3n) is 4.54. The standard InChI is InChI=1S/C18H23FN2O/c1-18(2,3)17(22)21-8-6-12(7-9-21)15-11-20-16-5-4-13(19)10-14(15)16/h4-5,10-12,20H,6-9H2,1-3H3. The number of rotatable bonds is 1. The molecule has 0 aliphatic carbocycles. The van der Waals surface area contributed by atoms with Gasteiger partial charge in [-0.15, -0.1) is 0 Å². The highest BCUT2D eigenvalue weighted by atomic mass is 19.1. The van der Waals surface area contributed by atoms with Crippen molar-refractivity contribution < 1.29 is 9.18 Å². The van der Waals surface area contributed by atoms with Crippen molar-refractivity contribution in [3.8, 4) is 0 Å². The van der Waals surface area contributed by atoms with Gasteiger partial charge in [-0.05, 0) is 42.5 Å². The summed E-state index contributed by atoms with van der Waals surface area (Å²) in [5.41, 5.74) is 1.83. The molecule has 3 rings (SSSR count). The number of likely N-dealkylation sites (tertiary alicyclic amines) is 1. The molecule has 0 unspecified atom stereocenters. The van der Waals surface area contributed by atoms with Gasteiger partial charge in [-0.2, -0.15) is 0 Å². The number of nitrogens with one attached hydrogen (secondary N) is 1. The van der Waals surface area contributed by atoms with Gasteiger partial charge in [0.05, 0.1) is 0 Å². The third-order valence-corrected chi connectivity index (χ3v) is 4.54. The van der Waals surface area contributed by atoms with E-state index in [4.69, 9.17) is 0 Å². The molecule has 1 aliphatic rings. The lowest BCUT2D eigenvalue weighted by molar-refractivity contribution is -0.140. The molecule has 0 saturated carbocycles. The van der Waals surface area contributed by atoms with Crippen molar-refractivity contribution in [2.75, 3.05) is 13.1 Å². The van der Waals surface area contributed by atoms with Crippen LogP contribution >= 0.6 is 0 Å². The van der Waals surface area contributed by atoms with Crippen molar-refractivity contribution in [1.29, 1.82) is 0 Å². The molecule has 22 heavy (non-hydrogen) atoms.